The Hall–Kier alpha value is -1.46. The number of hydrogen-bond donors (Lipinski definition) is 2. The summed E-state index contributed by atoms with van der Waals surface area (Å²) >= 11 is 9.13. The Balaban J connectivity index is 1.87. The lowest BCUT2D eigenvalue weighted by molar-refractivity contribution is 0.251. The maximum absolute atomic E-state index is 11.6. The number of halogens is 2. The molecule has 2 aromatic rings. The Kier molecular flexibility index (Phi) is 4.28. The van der Waals surface area contributed by atoms with Crippen molar-refractivity contribution in [3.05, 3.63) is 51.7 Å². The number of urea groups is 1. The first-order chi connectivity index (χ1) is 8.65. The van der Waals surface area contributed by atoms with Crippen molar-refractivity contribution in [2.75, 3.05) is 5.32 Å². The highest BCUT2D eigenvalue weighted by molar-refractivity contribution is 9.10. The summed E-state index contributed by atoms with van der Waals surface area (Å²) in [5, 5.41) is 5.87. The van der Waals surface area contributed by atoms with Crippen molar-refractivity contribution in [2.45, 2.75) is 6.54 Å². The van der Waals surface area contributed by atoms with Crippen LogP contribution < -0.4 is 10.6 Å². The number of furan rings is 1. The summed E-state index contributed by atoms with van der Waals surface area (Å²) in [6.45, 7) is 0.355. The molecule has 4 nitrogen and oxygen atoms in total. The molecule has 2 amide bonds. The maximum atomic E-state index is 11.6. The van der Waals surface area contributed by atoms with Gasteiger partial charge in [-0.1, -0.05) is 29.8 Å². The molecule has 6 heteroatoms. The van der Waals surface area contributed by atoms with Gasteiger partial charge in [0.15, 0.2) is 4.67 Å². The van der Waals surface area contributed by atoms with Crippen LogP contribution >= 0.6 is 27.5 Å². The fraction of sp³-hybridized carbons (Fsp3) is 0.0833. The lowest BCUT2D eigenvalue weighted by atomic mass is 10.2. The fourth-order valence-electron chi connectivity index (χ4n) is 1.35. The molecule has 94 valence electrons. The number of amides is 2. The van der Waals surface area contributed by atoms with Crippen LogP contribution in [-0.2, 0) is 6.54 Å². The summed E-state index contributed by atoms with van der Waals surface area (Å²) in [5.74, 6) is 0.374. The maximum Gasteiger partial charge on any atom is 0.321 e. The standard InChI is InChI=1S/C12H10BrClN2O2/c13-10-5-6-11(18-10)16-12(17)15-7-8-3-1-2-4-9(8)14/h1-6H,7H2,(H2,15,16,17). The lowest BCUT2D eigenvalue weighted by Gasteiger charge is -2.06. The highest BCUT2D eigenvalue weighted by Gasteiger charge is 2.06. The van der Waals surface area contributed by atoms with Gasteiger partial charge in [0.05, 0.1) is 0 Å². The van der Waals surface area contributed by atoms with Gasteiger partial charge in [0, 0.05) is 17.6 Å². The first-order valence-electron chi connectivity index (χ1n) is 5.19. The minimum Gasteiger partial charge on any atom is -0.434 e. The minimum absolute atomic E-state index is 0.350. The van der Waals surface area contributed by atoms with E-state index in [-0.39, 0.29) is 6.03 Å². The summed E-state index contributed by atoms with van der Waals surface area (Å²) in [6.07, 6.45) is 0. The van der Waals surface area contributed by atoms with Crippen LogP contribution in [0.25, 0.3) is 0 Å². The molecule has 0 bridgehead atoms. The molecule has 0 unspecified atom stereocenters. The van der Waals surface area contributed by atoms with Gasteiger partial charge in [0.1, 0.15) is 0 Å². The average molecular weight is 330 g/mol. The molecular formula is C12H10BrClN2O2. The zero-order chi connectivity index (χ0) is 13.0. The van der Waals surface area contributed by atoms with Gasteiger partial charge in [-0.2, -0.15) is 0 Å². The van der Waals surface area contributed by atoms with Crippen LogP contribution in [0.3, 0.4) is 0 Å². The van der Waals surface area contributed by atoms with Crippen molar-refractivity contribution in [3.8, 4) is 0 Å². The van der Waals surface area contributed by atoms with Gasteiger partial charge in [0.2, 0.25) is 5.88 Å². The Morgan fingerprint density at radius 3 is 2.72 bits per heavy atom. The molecule has 0 aliphatic carbocycles. The second kappa shape index (κ2) is 5.93. The highest BCUT2D eigenvalue weighted by Crippen LogP contribution is 2.18. The van der Waals surface area contributed by atoms with Crippen LogP contribution in [-0.4, -0.2) is 6.03 Å². The molecule has 2 N–H and O–H groups in total. The van der Waals surface area contributed by atoms with E-state index < -0.39 is 0 Å². The second-order valence-corrected chi connectivity index (χ2v) is 4.69. The first kappa shape index (κ1) is 13.0. The molecular weight excluding hydrogens is 320 g/mol. The van der Waals surface area contributed by atoms with Crippen LogP contribution in [0.1, 0.15) is 5.56 Å². The molecule has 0 aliphatic heterocycles. The predicted octanol–water partition coefficient (Wildman–Crippen LogP) is 4.02. The van der Waals surface area contributed by atoms with Crippen LogP contribution in [0.4, 0.5) is 10.7 Å². The zero-order valence-electron chi connectivity index (χ0n) is 9.24. The van der Waals surface area contributed by atoms with Crippen molar-refractivity contribution in [2.24, 2.45) is 0 Å². The van der Waals surface area contributed by atoms with Crippen molar-refractivity contribution >= 4 is 39.4 Å². The quantitative estimate of drug-likeness (QED) is 0.893. The smallest absolute Gasteiger partial charge is 0.321 e. The van der Waals surface area contributed by atoms with E-state index in [0.29, 0.717) is 22.1 Å². The number of carbonyl (C=O) groups excluding carboxylic acids is 1. The van der Waals surface area contributed by atoms with Crippen LogP contribution in [0.2, 0.25) is 5.02 Å². The first-order valence-corrected chi connectivity index (χ1v) is 6.36. The van der Waals surface area contributed by atoms with Gasteiger partial charge in [-0.3, -0.25) is 5.32 Å². The number of hydrogen-bond acceptors (Lipinski definition) is 2. The Morgan fingerprint density at radius 2 is 2.06 bits per heavy atom. The summed E-state index contributed by atoms with van der Waals surface area (Å²) in [7, 11) is 0. The number of rotatable bonds is 3. The van der Waals surface area contributed by atoms with E-state index in [1.165, 1.54) is 0 Å². The second-order valence-electron chi connectivity index (χ2n) is 3.50. The van der Waals surface area contributed by atoms with Crippen molar-refractivity contribution < 1.29 is 9.21 Å². The van der Waals surface area contributed by atoms with E-state index in [1.807, 2.05) is 18.2 Å². The largest absolute Gasteiger partial charge is 0.434 e. The van der Waals surface area contributed by atoms with Gasteiger partial charge < -0.3 is 9.73 Å². The highest BCUT2D eigenvalue weighted by atomic mass is 79.9. The van der Waals surface area contributed by atoms with Crippen LogP contribution in [0.5, 0.6) is 0 Å². The Bertz CT molecular complexity index is 557. The number of anilines is 1. The van der Waals surface area contributed by atoms with Crippen molar-refractivity contribution in [1.82, 2.24) is 5.32 Å². The minimum atomic E-state index is -0.350. The molecule has 18 heavy (non-hydrogen) atoms. The third-order valence-corrected chi connectivity index (χ3v) is 3.00. The molecule has 2 rings (SSSR count). The molecule has 1 aromatic heterocycles. The summed E-state index contributed by atoms with van der Waals surface area (Å²) in [6, 6.07) is 10.3. The van der Waals surface area contributed by atoms with Gasteiger partial charge >= 0.3 is 6.03 Å². The molecule has 0 atom stereocenters. The molecule has 0 saturated carbocycles. The molecule has 0 fully saturated rings. The van der Waals surface area contributed by atoms with E-state index in [0.717, 1.165) is 5.56 Å². The monoisotopic (exact) mass is 328 g/mol. The van der Waals surface area contributed by atoms with E-state index >= 15 is 0 Å². The molecule has 0 radical (unpaired) electrons. The fourth-order valence-corrected chi connectivity index (χ4v) is 1.86. The summed E-state index contributed by atoms with van der Waals surface area (Å²) in [5.41, 5.74) is 0.856. The van der Waals surface area contributed by atoms with E-state index in [4.69, 9.17) is 16.0 Å². The lowest BCUT2D eigenvalue weighted by Crippen LogP contribution is -2.28. The normalized spacial score (nSPS) is 10.1. The summed E-state index contributed by atoms with van der Waals surface area (Å²) < 4.78 is 5.71. The Morgan fingerprint density at radius 1 is 1.28 bits per heavy atom. The molecule has 0 aliphatic rings. The molecule has 1 heterocycles. The topological polar surface area (TPSA) is 54.3 Å². The van der Waals surface area contributed by atoms with E-state index in [9.17, 15) is 4.79 Å². The zero-order valence-corrected chi connectivity index (χ0v) is 11.6. The van der Waals surface area contributed by atoms with Gasteiger partial charge in [-0.25, -0.2) is 4.79 Å². The SMILES string of the molecule is O=C(NCc1ccccc1Cl)Nc1ccc(Br)o1. The van der Waals surface area contributed by atoms with Crippen LogP contribution in [0.15, 0.2) is 45.5 Å². The molecule has 0 saturated heterocycles. The van der Waals surface area contributed by atoms with Gasteiger partial charge in [-0.05, 0) is 33.6 Å². The van der Waals surface area contributed by atoms with E-state index in [2.05, 4.69) is 26.6 Å². The van der Waals surface area contributed by atoms with E-state index in [1.54, 1.807) is 18.2 Å². The average Bonchev–Trinajstić information content (AvgIpc) is 2.74. The van der Waals surface area contributed by atoms with Crippen molar-refractivity contribution in [1.29, 1.82) is 0 Å². The summed E-state index contributed by atoms with van der Waals surface area (Å²) in [4.78, 5) is 11.6. The predicted molar refractivity (Wildman–Crippen MR) is 73.7 cm³/mol. The Labute approximate surface area is 117 Å². The molecule has 0 spiro atoms. The van der Waals surface area contributed by atoms with Crippen molar-refractivity contribution in [3.63, 3.8) is 0 Å². The third-order valence-electron chi connectivity index (χ3n) is 2.21. The number of nitrogens with one attached hydrogen (secondary N) is 2. The number of benzene rings is 1. The van der Waals surface area contributed by atoms with Gasteiger partial charge in [0.25, 0.3) is 0 Å². The van der Waals surface area contributed by atoms with Gasteiger partial charge in [-0.15, -0.1) is 0 Å². The third kappa shape index (κ3) is 3.51. The number of carbonyl (C=O) groups is 1. The van der Waals surface area contributed by atoms with Crippen LogP contribution in [0, 0.1) is 0 Å². The molecule has 1 aromatic carbocycles.